The first-order valence-corrected chi connectivity index (χ1v) is 5.26. The van der Waals surface area contributed by atoms with Crippen LogP contribution in [0.1, 0.15) is 12.0 Å². The molecule has 1 unspecified atom stereocenters. The Morgan fingerprint density at radius 1 is 1.56 bits per heavy atom. The number of aliphatic hydroxyl groups excluding tert-OH is 1. The van der Waals surface area contributed by atoms with Crippen molar-refractivity contribution in [3.05, 3.63) is 33.9 Å². The Labute approximate surface area is 93.5 Å². The fourth-order valence-electron chi connectivity index (χ4n) is 2.15. The van der Waals surface area contributed by atoms with Gasteiger partial charge in [-0.25, -0.2) is 0 Å². The molecule has 0 bridgehead atoms. The van der Waals surface area contributed by atoms with E-state index in [9.17, 15) is 15.2 Å². The molecule has 0 spiro atoms. The van der Waals surface area contributed by atoms with Crippen LogP contribution in [0.2, 0.25) is 0 Å². The molecule has 1 aliphatic heterocycles. The SMILES string of the molecule is Cc1cccc([N+](=O)[O-])c1N1CCC(O)C1. The van der Waals surface area contributed by atoms with Crippen molar-refractivity contribution in [2.45, 2.75) is 19.4 Å². The number of β-amino-alcohol motifs (C(OH)–C–C–N with tert-alkyl or cyclic N) is 1. The second-order valence-corrected chi connectivity index (χ2v) is 4.09. The first kappa shape index (κ1) is 10.9. The van der Waals surface area contributed by atoms with Gasteiger partial charge in [-0.2, -0.15) is 0 Å². The minimum atomic E-state index is -0.376. The van der Waals surface area contributed by atoms with Crippen LogP contribution in [-0.2, 0) is 0 Å². The molecule has 0 saturated carbocycles. The van der Waals surface area contributed by atoms with E-state index in [1.54, 1.807) is 6.07 Å². The Hall–Kier alpha value is -1.62. The van der Waals surface area contributed by atoms with E-state index in [0.717, 1.165) is 5.56 Å². The van der Waals surface area contributed by atoms with Gasteiger partial charge in [-0.05, 0) is 18.9 Å². The molecule has 1 fully saturated rings. The smallest absolute Gasteiger partial charge is 0.292 e. The van der Waals surface area contributed by atoms with Gasteiger partial charge < -0.3 is 10.0 Å². The Morgan fingerprint density at radius 3 is 2.88 bits per heavy atom. The normalized spacial score (nSPS) is 20.1. The molecule has 5 nitrogen and oxygen atoms in total. The van der Waals surface area contributed by atoms with Crippen molar-refractivity contribution in [2.75, 3.05) is 18.0 Å². The predicted molar refractivity (Wildman–Crippen MR) is 60.7 cm³/mol. The highest BCUT2D eigenvalue weighted by atomic mass is 16.6. The van der Waals surface area contributed by atoms with E-state index in [2.05, 4.69) is 0 Å². The summed E-state index contributed by atoms with van der Waals surface area (Å²) in [6, 6.07) is 5.05. The van der Waals surface area contributed by atoms with Gasteiger partial charge in [0.15, 0.2) is 0 Å². The topological polar surface area (TPSA) is 66.6 Å². The molecule has 1 atom stereocenters. The summed E-state index contributed by atoms with van der Waals surface area (Å²) in [4.78, 5) is 12.4. The van der Waals surface area contributed by atoms with Crippen LogP contribution >= 0.6 is 0 Å². The average molecular weight is 222 g/mol. The maximum absolute atomic E-state index is 10.9. The number of aliphatic hydroxyl groups is 1. The van der Waals surface area contributed by atoms with E-state index in [4.69, 9.17) is 0 Å². The molecule has 16 heavy (non-hydrogen) atoms. The zero-order valence-corrected chi connectivity index (χ0v) is 9.09. The molecular weight excluding hydrogens is 208 g/mol. The van der Waals surface area contributed by atoms with Gasteiger partial charge in [0.25, 0.3) is 5.69 Å². The summed E-state index contributed by atoms with van der Waals surface area (Å²) in [5.74, 6) is 0. The zero-order valence-electron chi connectivity index (χ0n) is 9.09. The van der Waals surface area contributed by atoms with Gasteiger partial charge in [0.05, 0.1) is 11.0 Å². The number of nitrogens with zero attached hydrogens (tertiary/aromatic N) is 2. The van der Waals surface area contributed by atoms with Crippen molar-refractivity contribution in [3.8, 4) is 0 Å². The van der Waals surface area contributed by atoms with Crippen LogP contribution in [0.15, 0.2) is 18.2 Å². The van der Waals surface area contributed by atoms with E-state index < -0.39 is 0 Å². The van der Waals surface area contributed by atoms with Crippen LogP contribution in [0.4, 0.5) is 11.4 Å². The van der Waals surface area contributed by atoms with Crippen LogP contribution < -0.4 is 4.90 Å². The molecule has 0 amide bonds. The number of aryl methyl sites for hydroxylation is 1. The lowest BCUT2D eigenvalue weighted by atomic mass is 10.1. The Kier molecular flexibility index (Phi) is 2.78. The number of nitro groups is 1. The lowest BCUT2D eigenvalue weighted by Crippen LogP contribution is -2.23. The molecule has 5 heteroatoms. The number of para-hydroxylation sites is 1. The summed E-state index contributed by atoms with van der Waals surface area (Å²) in [5, 5.41) is 20.4. The molecule has 1 saturated heterocycles. The van der Waals surface area contributed by atoms with E-state index in [-0.39, 0.29) is 16.7 Å². The van der Waals surface area contributed by atoms with Crippen LogP contribution in [0.3, 0.4) is 0 Å². The largest absolute Gasteiger partial charge is 0.391 e. The van der Waals surface area contributed by atoms with Gasteiger partial charge in [0.1, 0.15) is 5.69 Å². The number of hydrogen-bond acceptors (Lipinski definition) is 4. The first-order valence-electron chi connectivity index (χ1n) is 5.26. The summed E-state index contributed by atoms with van der Waals surface area (Å²) in [6.07, 6.45) is 0.296. The van der Waals surface area contributed by atoms with Crippen LogP contribution in [0, 0.1) is 17.0 Å². The highest BCUT2D eigenvalue weighted by Gasteiger charge is 2.27. The lowest BCUT2D eigenvalue weighted by molar-refractivity contribution is -0.384. The number of rotatable bonds is 2. The predicted octanol–water partition coefficient (Wildman–Crippen LogP) is 1.47. The van der Waals surface area contributed by atoms with Crippen molar-refractivity contribution in [2.24, 2.45) is 0 Å². The molecule has 2 rings (SSSR count). The maximum Gasteiger partial charge on any atom is 0.292 e. The summed E-state index contributed by atoms with van der Waals surface area (Å²) >= 11 is 0. The van der Waals surface area contributed by atoms with E-state index >= 15 is 0 Å². The molecule has 1 aromatic rings. The van der Waals surface area contributed by atoms with E-state index in [1.807, 2.05) is 17.9 Å². The minimum absolute atomic E-state index is 0.120. The Morgan fingerprint density at radius 2 is 2.31 bits per heavy atom. The van der Waals surface area contributed by atoms with Crippen molar-refractivity contribution in [3.63, 3.8) is 0 Å². The van der Waals surface area contributed by atoms with E-state index in [0.29, 0.717) is 25.2 Å². The van der Waals surface area contributed by atoms with Crippen LogP contribution in [0.25, 0.3) is 0 Å². The fraction of sp³-hybridized carbons (Fsp3) is 0.455. The maximum atomic E-state index is 10.9. The third-order valence-electron chi connectivity index (χ3n) is 2.89. The van der Waals surface area contributed by atoms with E-state index in [1.165, 1.54) is 6.07 Å². The van der Waals surface area contributed by atoms with Gasteiger partial charge >= 0.3 is 0 Å². The number of anilines is 1. The summed E-state index contributed by atoms with van der Waals surface area (Å²) < 4.78 is 0. The minimum Gasteiger partial charge on any atom is -0.391 e. The fourth-order valence-corrected chi connectivity index (χ4v) is 2.15. The third kappa shape index (κ3) is 1.86. The van der Waals surface area contributed by atoms with Crippen molar-refractivity contribution < 1.29 is 10.0 Å². The molecule has 1 heterocycles. The van der Waals surface area contributed by atoms with Gasteiger partial charge in [-0.3, -0.25) is 10.1 Å². The van der Waals surface area contributed by atoms with Gasteiger partial charge in [0, 0.05) is 19.2 Å². The zero-order chi connectivity index (χ0) is 11.7. The highest BCUT2D eigenvalue weighted by molar-refractivity contribution is 5.68. The quantitative estimate of drug-likeness (QED) is 0.608. The van der Waals surface area contributed by atoms with Crippen LogP contribution in [0.5, 0.6) is 0 Å². The lowest BCUT2D eigenvalue weighted by Gasteiger charge is -2.19. The van der Waals surface area contributed by atoms with Crippen molar-refractivity contribution >= 4 is 11.4 Å². The number of benzene rings is 1. The molecule has 0 radical (unpaired) electrons. The molecule has 0 aromatic heterocycles. The van der Waals surface area contributed by atoms with Crippen LogP contribution in [-0.4, -0.2) is 29.2 Å². The van der Waals surface area contributed by atoms with Gasteiger partial charge in [0.2, 0.25) is 0 Å². The highest BCUT2D eigenvalue weighted by Crippen LogP contribution is 2.33. The average Bonchev–Trinajstić information content (AvgIpc) is 2.64. The van der Waals surface area contributed by atoms with Gasteiger partial charge in [-0.1, -0.05) is 12.1 Å². The monoisotopic (exact) mass is 222 g/mol. The Bertz CT molecular complexity index is 420. The molecule has 1 aliphatic rings. The summed E-state index contributed by atoms with van der Waals surface area (Å²) in [6.45, 7) is 3.01. The van der Waals surface area contributed by atoms with Crippen molar-refractivity contribution in [1.82, 2.24) is 0 Å². The number of hydrogen-bond donors (Lipinski definition) is 1. The second kappa shape index (κ2) is 4.09. The molecule has 1 N–H and O–H groups in total. The van der Waals surface area contributed by atoms with Gasteiger partial charge in [-0.15, -0.1) is 0 Å². The molecule has 1 aromatic carbocycles. The number of nitro benzene ring substituents is 1. The third-order valence-corrected chi connectivity index (χ3v) is 2.89. The summed E-state index contributed by atoms with van der Waals surface area (Å²) in [5.41, 5.74) is 1.64. The standard InChI is InChI=1S/C11H14N2O3/c1-8-3-2-4-10(13(15)16)11(8)12-6-5-9(14)7-12/h2-4,9,14H,5-7H2,1H3. The first-order chi connectivity index (χ1) is 7.59. The molecule has 0 aliphatic carbocycles. The molecular formula is C11H14N2O3. The molecule has 86 valence electrons. The summed E-state index contributed by atoms with van der Waals surface area (Å²) in [7, 11) is 0. The second-order valence-electron chi connectivity index (χ2n) is 4.09. The van der Waals surface area contributed by atoms with Crippen molar-refractivity contribution in [1.29, 1.82) is 0 Å². The Balaban J connectivity index is 2.42.